The Balaban J connectivity index is 1.74. The number of aromatic nitrogens is 3. The fourth-order valence-electron chi connectivity index (χ4n) is 1.94. The number of halogens is 2. The molecule has 0 bridgehead atoms. The lowest BCUT2D eigenvalue weighted by molar-refractivity contribution is 0.565. The van der Waals surface area contributed by atoms with E-state index >= 15 is 0 Å². The summed E-state index contributed by atoms with van der Waals surface area (Å²) >= 11 is 1.15. The molecular formula is C16H13F2N5S. The van der Waals surface area contributed by atoms with E-state index < -0.39 is 11.6 Å². The van der Waals surface area contributed by atoms with Crippen LogP contribution in [-0.4, -0.2) is 15.0 Å². The van der Waals surface area contributed by atoms with Gasteiger partial charge >= 0.3 is 0 Å². The topological polar surface area (TPSA) is 76.7 Å². The van der Waals surface area contributed by atoms with E-state index in [1.807, 2.05) is 30.3 Å². The lowest BCUT2D eigenvalue weighted by Crippen LogP contribution is -2.06. The molecule has 3 aromatic rings. The fourth-order valence-corrected chi connectivity index (χ4v) is 2.72. The minimum absolute atomic E-state index is 0.0682. The van der Waals surface area contributed by atoms with Crippen LogP contribution in [0.1, 0.15) is 5.82 Å². The van der Waals surface area contributed by atoms with E-state index in [4.69, 9.17) is 5.73 Å². The number of hydrogen-bond donors (Lipinski definition) is 2. The maximum Gasteiger partial charge on any atom is 0.232 e. The van der Waals surface area contributed by atoms with Gasteiger partial charge in [0.25, 0.3) is 0 Å². The fraction of sp³-hybridized carbons (Fsp3) is 0.0625. The van der Waals surface area contributed by atoms with Crippen molar-refractivity contribution in [3.8, 4) is 0 Å². The number of benzene rings is 2. The lowest BCUT2D eigenvalue weighted by atomic mass is 10.3. The minimum atomic E-state index is -0.621. The third kappa shape index (κ3) is 4.17. The second-order valence-electron chi connectivity index (χ2n) is 4.79. The largest absolute Gasteiger partial charge is 0.368 e. The molecule has 0 fully saturated rings. The molecule has 0 spiro atoms. The number of hydrogen-bond acceptors (Lipinski definition) is 6. The first kappa shape index (κ1) is 16.1. The second-order valence-corrected chi connectivity index (χ2v) is 5.81. The zero-order valence-corrected chi connectivity index (χ0v) is 13.2. The minimum Gasteiger partial charge on any atom is -0.368 e. The van der Waals surface area contributed by atoms with E-state index in [0.717, 1.165) is 23.5 Å². The predicted molar refractivity (Wildman–Crippen MR) is 89.9 cm³/mol. The normalized spacial score (nSPS) is 10.6. The molecule has 122 valence electrons. The molecule has 0 saturated heterocycles. The van der Waals surface area contributed by atoms with Crippen molar-refractivity contribution < 1.29 is 8.78 Å². The summed E-state index contributed by atoms with van der Waals surface area (Å²) in [5.41, 5.74) is 6.51. The molecule has 0 aliphatic carbocycles. The first-order valence-corrected chi connectivity index (χ1v) is 7.99. The number of thioether (sulfide) groups is 1. The van der Waals surface area contributed by atoms with Crippen molar-refractivity contribution in [1.29, 1.82) is 0 Å². The van der Waals surface area contributed by atoms with Crippen molar-refractivity contribution in [2.24, 2.45) is 0 Å². The van der Waals surface area contributed by atoms with Gasteiger partial charge in [-0.15, -0.1) is 11.8 Å². The Morgan fingerprint density at radius 1 is 1.00 bits per heavy atom. The van der Waals surface area contributed by atoms with Crippen LogP contribution in [0.4, 0.5) is 26.4 Å². The summed E-state index contributed by atoms with van der Waals surface area (Å²) in [4.78, 5) is 12.6. The Hall–Kier alpha value is -2.74. The molecule has 1 aromatic heterocycles. The van der Waals surface area contributed by atoms with Crippen LogP contribution in [0.3, 0.4) is 0 Å². The van der Waals surface area contributed by atoms with E-state index in [-0.39, 0.29) is 11.7 Å². The molecule has 8 heteroatoms. The van der Waals surface area contributed by atoms with E-state index in [1.54, 1.807) is 0 Å². The molecular weight excluding hydrogens is 332 g/mol. The first-order chi connectivity index (χ1) is 11.6. The van der Waals surface area contributed by atoms with E-state index in [9.17, 15) is 8.78 Å². The van der Waals surface area contributed by atoms with Crippen molar-refractivity contribution in [3.05, 3.63) is 66.0 Å². The first-order valence-electron chi connectivity index (χ1n) is 7.00. The van der Waals surface area contributed by atoms with Gasteiger partial charge in [0.05, 0.1) is 5.75 Å². The average molecular weight is 345 g/mol. The monoisotopic (exact) mass is 345 g/mol. The quantitative estimate of drug-likeness (QED) is 0.686. The maximum absolute atomic E-state index is 13.6. The Morgan fingerprint density at radius 2 is 1.79 bits per heavy atom. The van der Waals surface area contributed by atoms with Gasteiger partial charge in [-0.25, -0.2) is 8.78 Å². The smallest absolute Gasteiger partial charge is 0.232 e. The maximum atomic E-state index is 13.6. The van der Waals surface area contributed by atoms with Gasteiger partial charge in [-0.05, 0) is 24.3 Å². The van der Waals surface area contributed by atoms with Crippen molar-refractivity contribution in [2.75, 3.05) is 11.1 Å². The number of nitrogens with zero attached hydrogens (tertiary/aromatic N) is 3. The average Bonchev–Trinajstić information content (AvgIpc) is 2.54. The van der Waals surface area contributed by atoms with E-state index in [2.05, 4.69) is 20.3 Å². The number of nitrogen functional groups attached to an aromatic ring is 1. The summed E-state index contributed by atoms with van der Waals surface area (Å²) in [5, 5.41) is 3.03. The molecule has 3 rings (SSSR count). The van der Waals surface area contributed by atoms with E-state index in [1.165, 1.54) is 12.1 Å². The number of rotatable bonds is 5. The molecule has 2 aromatic carbocycles. The van der Waals surface area contributed by atoms with Crippen molar-refractivity contribution >= 4 is 29.3 Å². The summed E-state index contributed by atoms with van der Waals surface area (Å²) in [7, 11) is 0. The third-order valence-electron chi connectivity index (χ3n) is 2.98. The molecule has 0 atom stereocenters. The summed E-state index contributed by atoms with van der Waals surface area (Å²) < 4.78 is 26.6. The van der Waals surface area contributed by atoms with Crippen LogP contribution in [0.25, 0.3) is 0 Å². The van der Waals surface area contributed by atoms with Gasteiger partial charge in [-0.2, -0.15) is 15.0 Å². The van der Waals surface area contributed by atoms with Crippen molar-refractivity contribution in [1.82, 2.24) is 15.0 Å². The lowest BCUT2D eigenvalue weighted by Gasteiger charge is -2.07. The number of anilines is 3. The van der Waals surface area contributed by atoms with Crippen molar-refractivity contribution in [3.63, 3.8) is 0 Å². The van der Waals surface area contributed by atoms with Gasteiger partial charge in [-0.3, -0.25) is 0 Å². The van der Waals surface area contributed by atoms with Crippen LogP contribution in [0.15, 0.2) is 53.4 Å². The van der Waals surface area contributed by atoms with Gasteiger partial charge < -0.3 is 11.1 Å². The van der Waals surface area contributed by atoms with Crippen molar-refractivity contribution in [2.45, 2.75) is 10.6 Å². The number of nitrogens with one attached hydrogen (secondary N) is 1. The van der Waals surface area contributed by atoms with Crippen LogP contribution in [0, 0.1) is 11.6 Å². The van der Waals surface area contributed by atoms with Crippen LogP contribution in [0.5, 0.6) is 0 Å². The Bertz CT molecular complexity index is 845. The number of para-hydroxylation sites is 1. The van der Waals surface area contributed by atoms with Gasteiger partial charge in [0.1, 0.15) is 17.5 Å². The molecule has 24 heavy (non-hydrogen) atoms. The molecule has 0 amide bonds. The third-order valence-corrected chi connectivity index (χ3v) is 4.02. The van der Waals surface area contributed by atoms with Crippen LogP contribution in [0.2, 0.25) is 0 Å². The number of nitrogens with two attached hydrogens (primary N) is 1. The highest BCUT2D eigenvalue weighted by Gasteiger charge is 2.09. The Morgan fingerprint density at radius 3 is 2.54 bits per heavy atom. The molecule has 5 nitrogen and oxygen atoms in total. The zero-order chi connectivity index (χ0) is 16.9. The highest BCUT2D eigenvalue weighted by atomic mass is 32.2. The van der Waals surface area contributed by atoms with Gasteiger partial charge in [-0.1, -0.05) is 18.2 Å². The van der Waals surface area contributed by atoms with Gasteiger partial charge in [0.15, 0.2) is 0 Å². The molecule has 1 heterocycles. The Labute approximate surface area is 141 Å². The predicted octanol–water partition coefficient (Wildman–Crippen LogP) is 3.77. The van der Waals surface area contributed by atoms with Gasteiger partial charge in [0.2, 0.25) is 11.9 Å². The standard InChI is InChI=1S/C16H13F2N5S/c17-10-6-7-13(12(18)8-10)24-9-14-21-15(19)23-16(22-14)20-11-4-2-1-3-5-11/h1-8H,9H2,(H3,19,20,21,22,23). The molecule has 0 radical (unpaired) electrons. The summed E-state index contributed by atoms with van der Waals surface area (Å²) in [6.45, 7) is 0. The molecule has 3 N–H and O–H groups in total. The van der Waals surface area contributed by atoms with Gasteiger partial charge in [0, 0.05) is 16.6 Å². The molecule has 0 aliphatic rings. The second kappa shape index (κ2) is 7.22. The van der Waals surface area contributed by atoms with Crippen LogP contribution >= 0.6 is 11.8 Å². The summed E-state index contributed by atoms with van der Waals surface area (Å²) in [6.07, 6.45) is 0. The molecule has 0 unspecified atom stereocenters. The van der Waals surface area contributed by atoms with E-state index in [0.29, 0.717) is 16.7 Å². The summed E-state index contributed by atoms with van der Waals surface area (Å²) in [5.74, 6) is -0.184. The SMILES string of the molecule is Nc1nc(CSc2ccc(F)cc2F)nc(Nc2ccccc2)n1. The molecule has 0 saturated carbocycles. The van der Waals surface area contributed by atoms with Crippen LogP contribution in [-0.2, 0) is 5.75 Å². The summed E-state index contributed by atoms with van der Waals surface area (Å²) in [6, 6.07) is 12.8. The Kier molecular flexibility index (Phi) is 4.85. The highest BCUT2D eigenvalue weighted by Crippen LogP contribution is 2.25. The molecule has 0 aliphatic heterocycles. The van der Waals surface area contributed by atoms with Crippen LogP contribution < -0.4 is 11.1 Å². The highest BCUT2D eigenvalue weighted by molar-refractivity contribution is 7.98. The zero-order valence-electron chi connectivity index (χ0n) is 12.4.